The molecule has 2 atom stereocenters. The molecule has 0 saturated carbocycles. The average Bonchev–Trinajstić information content (AvgIpc) is 2.35. The number of hydrogen-bond acceptors (Lipinski definition) is 3. The van der Waals surface area contributed by atoms with Crippen molar-refractivity contribution in [3.05, 3.63) is 36.1 Å². The Balaban J connectivity index is 2.20. The molecule has 2 heterocycles. The van der Waals surface area contributed by atoms with Crippen LogP contribution in [0.4, 0.5) is 0 Å². The van der Waals surface area contributed by atoms with E-state index in [4.69, 9.17) is 0 Å². The maximum absolute atomic E-state index is 11.5. The van der Waals surface area contributed by atoms with Gasteiger partial charge in [-0.05, 0) is 24.5 Å². The predicted octanol–water partition coefficient (Wildman–Crippen LogP) is 1.96. The van der Waals surface area contributed by atoms with Gasteiger partial charge in [-0.3, -0.25) is 4.79 Å². The molecule has 0 radical (unpaired) electrons. The topological polar surface area (TPSA) is 62.0 Å². The van der Waals surface area contributed by atoms with E-state index in [1.807, 2.05) is 24.3 Å². The van der Waals surface area contributed by atoms with Crippen molar-refractivity contribution >= 4 is 18.0 Å². The maximum atomic E-state index is 11.5. The lowest BCUT2D eigenvalue weighted by atomic mass is 9.61. The fourth-order valence-electron chi connectivity index (χ4n) is 2.85. The molecule has 0 fully saturated rings. The first-order chi connectivity index (χ1) is 8.25. The summed E-state index contributed by atoms with van der Waals surface area (Å²) in [4.78, 5) is 20.0. The van der Waals surface area contributed by atoms with Gasteiger partial charge >= 0.3 is 5.97 Å². The number of carboxylic acid groups (broad SMARTS) is 1. The summed E-state index contributed by atoms with van der Waals surface area (Å²) in [5.41, 5.74) is 0.457. The lowest BCUT2D eigenvalue weighted by Crippen LogP contribution is -2.46. The molecule has 0 saturated heterocycles. The first kappa shape index (κ1) is 10.2. The first-order valence-corrected chi connectivity index (χ1v) is 5.62. The molecular weight excluding hydrogens is 216 g/mol. The average molecular weight is 228 g/mol. The van der Waals surface area contributed by atoms with Gasteiger partial charge in [-0.15, -0.1) is 0 Å². The lowest BCUT2D eigenvalue weighted by Gasteiger charge is -2.42. The molecule has 1 aliphatic carbocycles. The number of nitrogens with zero attached hydrogens (tertiary/aromatic N) is 2. The highest BCUT2D eigenvalue weighted by molar-refractivity contribution is 6.05. The van der Waals surface area contributed by atoms with E-state index >= 15 is 0 Å². The third-order valence-corrected chi connectivity index (χ3v) is 3.67. The minimum atomic E-state index is -0.777. The Morgan fingerprint density at radius 1 is 1.47 bits per heavy atom. The van der Waals surface area contributed by atoms with Crippen LogP contribution in [0.3, 0.4) is 0 Å². The molecule has 86 valence electrons. The highest BCUT2D eigenvalue weighted by Crippen LogP contribution is 2.49. The van der Waals surface area contributed by atoms with Crippen LogP contribution >= 0.6 is 0 Å². The number of hydrogen-bond donors (Lipinski definition) is 1. The number of dihydropyridines is 1. The van der Waals surface area contributed by atoms with Crippen LogP contribution < -0.4 is 0 Å². The van der Waals surface area contributed by atoms with Crippen molar-refractivity contribution in [3.63, 3.8) is 0 Å². The molecule has 1 spiro atoms. The Kier molecular flexibility index (Phi) is 2.11. The van der Waals surface area contributed by atoms with Gasteiger partial charge in [-0.1, -0.05) is 18.2 Å². The fourth-order valence-corrected chi connectivity index (χ4v) is 2.85. The van der Waals surface area contributed by atoms with Crippen molar-refractivity contribution in [3.8, 4) is 0 Å². The summed E-state index contributed by atoms with van der Waals surface area (Å²) in [5, 5.41) is 9.42. The zero-order valence-corrected chi connectivity index (χ0v) is 9.21. The van der Waals surface area contributed by atoms with E-state index in [0.717, 1.165) is 5.57 Å². The number of aliphatic carboxylic acids is 1. The van der Waals surface area contributed by atoms with E-state index in [1.165, 1.54) is 0 Å². The van der Waals surface area contributed by atoms with Crippen molar-refractivity contribution < 1.29 is 9.90 Å². The van der Waals surface area contributed by atoms with Gasteiger partial charge in [0.25, 0.3) is 0 Å². The summed E-state index contributed by atoms with van der Waals surface area (Å²) in [7, 11) is 0. The van der Waals surface area contributed by atoms with Crippen LogP contribution in [0.5, 0.6) is 0 Å². The molecule has 4 heteroatoms. The molecule has 3 aliphatic rings. The number of carboxylic acids is 1. The normalized spacial score (nSPS) is 33.5. The van der Waals surface area contributed by atoms with Crippen molar-refractivity contribution in [2.45, 2.75) is 12.8 Å². The molecule has 0 aromatic heterocycles. The smallest absolute Gasteiger partial charge is 0.308 e. The third-order valence-electron chi connectivity index (χ3n) is 3.67. The van der Waals surface area contributed by atoms with E-state index in [-0.39, 0.29) is 0 Å². The second kappa shape index (κ2) is 3.52. The molecule has 2 unspecified atom stereocenters. The number of carbonyl (C=O) groups is 1. The standard InChI is InChI=1S/C13H12N2O2/c16-11(17)10-4-1-3-9-5-8-15-12-13(9,10)6-2-7-14-12/h1-3,5,7-8,10H,4,6H2,(H,16,17). The largest absolute Gasteiger partial charge is 0.481 e. The van der Waals surface area contributed by atoms with E-state index in [9.17, 15) is 9.90 Å². The molecule has 17 heavy (non-hydrogen) atoms. The van der Waals surface area contributed by atoms with E-state index in [0.29, 0.717) is 18.7 Å². The molecule has 0 bridgehead atoms. The van der Waals surface area contributed by atoms with Crippen LogP contribution in [0.15, 0.2) is 46.1 Å². The lowest BCUT2D eigenvalue weighted by molar-refractivity contribution is -0.144. The number of amidine groups is 1. The summed E-state index contributed by atoms with van der Waals surface area (Å²) in [6, 6.07) is 0. The van der Waals surface area contributed by atoms with Gasteiger partial charge in [-0.25, -0.2) is 9.98 Å². The molecule has 3 rings (SSSR count). The molecule has 0 amide bonds. The molecular formula is C13H12N2O2. The molecule has 1 N–H and O–H groups in total. The van der Waals surface area contributed by atoms with Gasteiger partial charge in [0.2, 0.25) is 0 Å². The van der Waals surface area contributed by atoms with Crippen LogP contribution in [0.25, 0.3) is 0 Å². The zero-order valence-electron chi connectivity index (χ0n) is 9.21. The summed E-state index contributed by atoms with van der Waals surface area (Å²) in [6.45, 7) is 0. The monoisotopic (exact) mass is 228 g/mol. The quantitative estimate of drug-likeness (QED) is 0.745. The number of aliphatic imine (C=N–C) groups is 2. The van der Waals surface area contributed by atoms with Gasteiger partial charge in [0.05, 0.1) is 11.3 Å². The third kappa shape index (κ3) is 1.27. The summed E-state index contributed by atoms with van der Waals surface area (Å²) in [5.74, 6) is -0.616. The van der Waals surface area contributed by atoms with Crippen LogP contribution in [0, 0.1) is 11.3 Å². The molecule has 0 aromatic carbocycles. The Bertz CT molecular complexity index is 526. The summed E-state index contributed by atoms with van der Waals surface area (Å²) in [6.07, 6.45) is 12.3. The van der Waals surface area contributed by atoms with Crippen LogP contribution in [0.1, 0.15) is 12.8 Å². The number of allylic oxidation sites excluding steroid dienone is 4. The van der Waals surface area contributed by atoms with Gasteiger partial charge in [0.1, 0.15) is 5.84 Å². The highest BCUT2D eigenvalue weighted by Gasteiger charge is 2.51. The van der Waals surface area contributed by atoms with Gasteiger partial charge in [0.15, 0.2) is 0 Å². The van der Waals surface area contributed by atoms with Gasteiger partial charge in [0, 0.05) is 12.4 Å². The Morgan fingerprint density at radius 3 is 3.18 bits per heavy atom. The van der Waals surface area contributed by atoms with Crippen LogP contribution in [-0.4, -0.2) is 23.1 Å². The van der Waals surface area contributed by atoms with Gasteiger partial charge in [-0.2, -0.15) is 0 Å². The first-order valence-electron chi connectivity index (χ1n) is 5.62. The van der Waals surface area contributed by atoms with E-state index in [1.54, 1.807) is 12.4 Å². The molecule has 0 aromatic rings. The molecule has 4 nitrogen and oxygen atoms in total. The second-order valence-electron chi connectivity index (χ2n) is 4.44. The van der Waals surface area contributed by atoms with Crippen molar-refractivity contribution in [2.75, 3.05) is 0 Å². The van der Waals surface area contributed by atoms with E-state index in [2.05, 4.69) is 9.98 Å². The SMILES string of the molecule is O=C(O)C1CC=CC2=CC=NC3=NC=CCC231. The van der Waals surface area contributed by atoms with E-state index < -0.39 is 17.3 Å². The second-order valence-corrected chi connectivity index (χ2v) is 4.44. The van der Waals surface area contributed by atoms with Crippen molar-refractivity contribution in [1.29, 1.82) is 0 Å². The number of rotatable bonds is 1. The minimum absolute atomic E-state index is 0.472. The minimum Gasteiger partial charge on any atom is -0.481 e. The van der Waals surface area contributed by atoms with Crippen LogP contribution in [0.2, 0.25) is 0 Å². The summed E-state index contributed by atoms with van der Waals surface area (Å²) >= 11 is 0. The Morgan fingerprint density at radius 2 is 2.35 bits per heavy atom. The fraction of sp³-hybridized carbons (Fsp3) is 0.308. The Hall–Kier alpha value is -1.97. The van der Waals surface area contributed by atoms with Crippen LogP contribution in [-0.2, 0) is 4.79 Å². The zero-order chi connectivity index (χ0) is 11.9. The van der Waals surface area contributed by atoms with Gasteiger partial charge < -0.3 is 5.11 Å². The highest BCUT2D eigenvalue weighted by atomic mass is 16.4. The van der Waals surface area contributed by atoms with Crippen molar-refractivity contribution in [2.24, 2.45) is 21.3 Å². The Labute approximate surface area is 98.8 Å². The molecule has 2 aliphatic heterocycles. The van der Waals surface area contributed by atoms with Crippen molar-refractivity contribution in [1.82, 2.24) is 0 Å². The maximum Gasteiger partial charge on any atom is 0.308 e. The summed E-state index contributed by atoms with van der Waals surface area (Å²) < 4.78 is 0. The predicted molar refractivity (Wildman–Crippen MR) is 65.1 cm³/mol.